The molecule has 0 radical (unpaired) electrons. The summed E-state index contributed by atoms with van der Waals surface area (Å²) in [5, 5.41) is 3.39. The number of unbranched alkanes of at least 4 members (excludes halogenated alkanes) is 1. The molecular weight excluding hydrogens is 354 g/mol. The molecule has 0 aliphatic carbocycles. The third-order valence-corrected chi connectivity index (χ3v) is 5.35. The molecule has 142 valence electrons. The molecule has 1 N–H and O–H groups in total. The van der Waals surface area contributed by atoms with E-state index in [1.165, 1.54) is 12.8 Å². The van der Waals surface area contributed by atoms with Gasteiger partial charge in [0, 0.05) is 31.2 Å². The SMILES string of the molecule is CCCCN1CCN(C(=O)[C@H]2OCC(=O)N[C@@H]2c2ccccc2Cl)CC1. The van der Waals surface area contributed by atoms with Crippen LogP contribution in [0.3, 0.4) is 0 Å². The maximum Gasteiger partial charge on any atom is 0.254 e. The summed E-state index contributed by atoms with van der Waals surface area (Å²) in [4.78, 5) is 29.1. The van der Waals surface area contributed by atoms with Crippen LogP contribution in [0.1, 0.15) is 31.4 Å². The van der Waals surface area contributed by atoms with Gasteiger partial charge in [0.25, 0.3) is 5.91 Å². The number of ether oxygens (including phenoxy) is 1. The number of amides is 2. The number of morpholine rings is 1. The van der Waals surface area contributed by atoms with Crippen molar-refractivity contribution in [2.24, 2.45) is 0 Å². The summed E-state index contributed by atoms with van der Waals surface area (Å²) in [7, 11) is 0. The highest BCUT2D eigenvalue weighted by Gasteiger charge is 2.39. The molecule has 2 atom stereocenters. The largest absolute Gasteiger partial charge is 0.356 e. The Kier molecular flexibility index (Phi) is 6.51. The fourth-order valence-electron chi connectivity index (χ4n) is 3.49. The predicted molar refractivity (Wildman–Crippen MR) is 100 cm³/mol. The van der Waals surface area contributed by atoms with E-state index in [2.05, 4.69) is 17.1 Å². The smallest absolute Gasteiger partial charge is 0.254 e. The van der Waals surface area contributed by atoms with Crippen molar-refractivity contribution in [3.63, 3.8) is 0 Å². The first-order valence-electron chi connectivity index (χ1n) is 9.26. The fraction of sp³-hybridized carbons (Fsp3) is 0.579. The fourth-order valence-corrected chi connectivity index (χ4v) is 3.74. The maximum absolute atomic E-state index is 13.1. The lowest BCUT2D eigenvalue weighted by Crippen LogP contribution is -2.57. The van der Waals surface area contributed by atoms with Gasteiger partial charge >= 0.3 is 0 Å². The van der Waals surface area contributed by atoms with E-state index < -0.39 is 12.1 Å². The molecule has 0 unspecified atom stereocenters. The monoisotopic (exact) mass is 379 g/mol. The average molecular weight is 380 g/mol. The molecule has 2 amide bonds. The zero-order chi connectivity index (χ0) is 18.5. The molecule has 0 aromatic heterocycles. The summed E-state index contributed by atoms with van der Waals surface area (Å²) in [5.74, 6) is -0.312. The summed E-state index contributed by atoms with van der Waals surface area (Å²) < 4.78 is 5.64. The van der Waals surface area contributed by atoms with Crippen LogP contribution >= 0.6 is 11.6 Å². The van der Waals surface area contributed by atoms with Gasteiger partial charge in [0.2, 0.25) is 5.91 Å². The molecule has 0 bridgehead atoms. The number of hydrogen-bond acceptors (Lipinski definition) is 4. The van der Waals surface area contributed by atoms with Crippen LogP contribution in [0.4, 0.5) is 0 Å². The van der Waals surface area contributed by atoms with Gasteiger partial charge in [0.15, 0.2) is 6.10 Å². The first-order chi connectivity index (χ1) is 12.6. The maximum atomic E-state index is 13.1. The van der Waals surface area contributed by atoms with Crippen molar-refractivity contribution in [2.45, 2.75) is 31.9 Å². The Labute approximate surface area is 159 Å². The average Bonchev–Trinajstić information content (AvgIpc) is 2.66. The lowest BCUT2D eigenvalue weighted by molar-refractivity contribution is -0.156. The number of hydrogen-bond donors (Lipinski definition) is 1. The second-order valence-electron chi connectivity index (χ2n) is 6.82. The Morgan fingerprint density at radius 2 is 2.00 bits per heavy atom. The van der Waals surface area contributed by atoms with Crippen LogP contribution in [0.5, 0.6) is 0 Å². The van der Waals surface area contributed by atoms with E-state index in [4.69, 9.17) is 16.3 Å². The molecule has 0 spiro atoms. The standard InChI is InChI=1S/C19H26ClN3O3/c1-2-3-8-22-9-11-23(12-10-22)19(25)18-17(21-16(24)13-26-18)14-6-4-5-7-15(14)20/h4-7,17-18H,2-3,8-13H2,1H3,(H,21,24)/t17-,18+/m1/s1. The van der Waals surface area contributed by atoms with Crippen LogP contribution in [0.25, 0.3) is 0 Å². The van der Waals surface area contributed by atoms with Crippen molar-refractivity contribution in [3.8, 4) is 0 Å². The molecule has 0 saturated carbocycles. The number of carbonyl (C=O) groups is 2. The summed E-state index contributed by atoms with van der Waals surface area (Å²) >= 11 is 6.29. The Morgan fingerprint density at radius 1 is 1.27 bits per heavy atom. The zero-order valence-corrected chi connectivity index (χ0v) is 15.9. The number of nitrogens with zero attached hydrogens (tertiary/aromatic N) is 2. The van der Waals surface area contributed by atoms with Crippen molar-refractivity contribution in [1.82, 2.24) is 15.1 Å². The van der Waals surface area contributed by atoms with Crippen LogP contribution in [0.15, 0.2) is 24.3 Å². The van der Waals surface area contributed by atoms with E-state index in [0.29, 0.717) is 23.7 Å². The molecule has 6 nitrogen and oxygen atoms in total. The van der Waals surface area contributed by atoms with Crippen molar-refractivity contribution in [2.75, 3.05) is 39.3 Å². The van der Waals surface area contributed by atoms with Crippen molar-refractivity contribution in [1.29, 1.82) is 0 Å². The Hall–Kier alpha value is -1.63. The third kappa shape index (κ3) is 4.37. The zero-order valence-electron chi connectivity index (χ0n) is 15.1. The second kappa shape index (κ2) is 8.84. The molecule has 2 aliphatic heterocycles. The Bertz CT molecular complexity index is 647. The van der Waals surface area contributed by atoms with Gasteiger partial charge in [-0.1, -0.05) is 43.1 Å². The first-order valence-corrected chi connectivity index (χ1v) is 9.64. The van der Waals surface area contributed by atoms with Gasteiger partial charge in [-0.2, -0.15) is 0 Å². The summed E-state index contributed by atoms with van der Waals surface area (Å²) in [6.45, 7) is 6.29. The molecule has 2 aliphatic rings. The minimum Gasteiger partial charge on any atom is -0.356 e. The normalized spacial score (nSPS) is 24.4. The molecule has 26 heavy (non-hydrogen) atoms. The van der Waals surface area contributed by atoms with Crippen molar-refractivity contribution < 1.29 is 14.3 Å². The first kappa shape index (κ1) is 19.1. The van der Waals surface area contributed by atoms with Gasteiger partial charge in [-0.3, -0.25) is 14.5 Å². The molecule has 1 aromatic rings. The summed E-state index contributed by atoms with van der Waals surface area (Å²) in [6.07, 6.45) is 1.61. The summed E-state index contributed by atoms with van der Waals surface area (Å²) in [6, 6.07) is 6.69. The minimum atomic E-state index is -0.741. The highest BCUT2D eigenvalue weighted by atomic mass is 35.5. The summed E-state index contributed by atoms with van der Waals surface area (Å²) in [5.41, 5.74) is 0.710. The van der Waals surface area contributed by atoms with Gasteiger partial charge in [-0.15, -0.1) is 0 Å². The number of carbonyl (C=O) groups excluding carboxylic acids is 2. The van der Waals surface area contributed by atoms with Gasteiger partial charge in [0.05, 0.1) is 6.04 Å². The van der Waals surface area contributed by atoms with E-state index >= 15 is 0 Å². The molecule has 7 heteroatoms. The number of halogens is 1. The number of rotatable bonds is 5. The second-order valence-corrected chi connectivity index (χ2v) is 7.23. The van der Waals surface area contributed by atoms with E-state index in [0.717, 1.165) is 19.6 Å². The quantitative estimate of drug-likeness (QED) is 0.848. The van der Waals surface area contributed by atoms with Gasteiger partial charge in [-0.05, 0) is 24.6 Å². The van der Waals surface area contributed by atoms with Crippen LogP contribution in [0.2, 0.25) is 5.02 Å². The Balaban J connectivity index is 1.69. The van der Waals surface area contributed by atoms with Gasteiger partial charge in [0.1, 0.15) is 6.61 Å². The highest BCUT2D eigenvalue weighted by Crippen LogP contribution is 2.29. The molecule has 3 rings (SSSR count). The number of nitrogens with one attached hydrogen (secondary N) is 1. The van der Waals surface area contributed by atoms with E-state index in [9.17, 15) is 9.59 Å². The molecule has 1 aromatic carbocycles. The lowest BCUT2D eigenvalue weighted by Gasteiger charge is -2.39. The molecule has 2 fully saturated rings. The highest BCUT2D eigenvalue weighted by molar-refractivity contribution is 6.31. The van der Waals surface area contributed by atoms with Crippen LogP contribution in [-0.4, -0.2) is 67.0 Å². The van der Waals surface area contributed by atoms with E-state index in [1.54, 1.807) is 6.07 Å². The van der Waals surface area contributed by atoms with Crippen molar-refractivity contribution in [3.05, 3.63) is 34.9 Å². The van der Waals surface area contributed by atoms with Gasteiger partial charge in [-0.25, -0.2) is 0 Å². The Morgan fingerprint density at radius 3 is 2.69 bits per heavy atom. The molecule has 2 saturated heterocycles. The van der Waals surface area contributed by atoms with Crippen LogP contribution in [-0.2, 0) is 14.3 Å². The van der Waals surface area contributed by atoms with E-state index in [1.807, 2.05) is 23.1 Å². The topological polar surface area (TPSA) is 61.9 Å². The van der Waals surface area contributed by atoms with Crippen molar-refractivity contribution >= 4 is 23.4 Å². The minimum absolute atomic E-state index is 0.0786. The molecule has 2 heterocycles. The lowest BCUT2D eigenvalue weighted by atomic mass is 9.98. The van der Waals surface area contributed by atoms with Gasteiger partial charge < -0.3 is 15.0 Å². The number of benzene rings is 1. The van der Waals surface area contributed by atoms with E-state index in [-0.39, 0.29) is 18.4 Å². The predicted octanol–water partition coefficient (Wildman–Crippen LogP) is 1.84. The third-order valence-electron chi connectivity index (χ3n) is 5.01. The van der Waals surface area contributed by atoms with Crippen LogP contribution < -0.4 is 5.32 Å². The van der Waals surface area contributed by atoms with Crippen LogP contribution in [0, 0.1) is 0 Å². The molecular formula is C19H26ClN3O3. The number of piperazine rings is 1.